The van der Waals surface area contributed by atoms with E-state index >= 15 is 0 Å². The summed E-state index contributed by atoms with van der Waals surface area (Å²) in [7, 11) is -2.41. The topological polar surface area (TPSA) is 80.5 Å². The third kappa shape index (κ3) is 3.05. The zero-order valence-electron chi connectivity index (χ0n) is 11.9. The Hall–Kier alpha value is -2.12. The predicted octanol–water partition coefficient (Wildman–Crippen LogP) is 3.38. The minimum Gasteiger partial charge on any atom is -0.269 e. The van der Waals surface area contributed by atoms with Crippen molar-refractivity contribution in [1.29, 1.82) is 0 Å². The number of hydrogen-bond acceptors (Lipinski definition) is 4. The predicted molar refractivity (Wildman–Crippen MR) is 84.9 cm³/mol. The number of anilines is 1. The summed E-state index contributed by atoms with van der Waals surface area (Å²) in [5, 5.41) is 11.1. The van der Waals surface area contributed by atoms with Crippen LogP contribution in [0.4, 0.5) is 11.4 Å². The van der Waals surface area contributed by atoms with Crippen LogP contribution < -0.4 is 4.31 Å². The number of benzene rings is 2. The van der Waals surface area contributed by atoms with Crippen LogP contribution in [0.15, 0.2) is 47.4 Å². The van der Waals surface area contributed by atoms with E-state index in [1.165, 1.54) is 19.2 Å². The highest BCUT2D eigenvalue weighted by Crippen LogP contribution is 2.28. The Morgan fingerprint density at radius 3 is 2.27 bits per heavy atom. The fraction of sp³-hybridized carbons (Fsp3) is 0.143. The molecule has 0 saturated heterocycles. The van der Waals surface area contributed by atoms with Gasteiger partial charge in [-0.05, 0) is 36.8 Å². The molecule has 0 aliphatic carbocycles. The van der Waals surface area contributed by atoms with Gasteiger partial charge in [-0.15, -0.1) is 0 Å². The quantitative estimate of drug-likeness (QED) is 0.631. The highest BCUT2D eigenvalue weighted by atomic mass is 35.5. The molecule has 0 heterocycles. The molecule has 2 aromatic carbocycles. The van der Waals surface area contributed by atoms with E-state index in [0.29, 0.717) is 10.7 Å². The highest BCUT2D eigenvalue weighted by Gasteiger charge is 2.23. The number of rotatable bonds is 4. The van der Waals surface area contributed by atoms with Crippen molar-refractivity contribution in [1.82, 2.24) is 0 Å². The Morgan fingerprint density at radius 2 is 1.73 bits per heavy atom. The summed E-state index contributed by atoms with van der Waals surface area (Å²) in [6.45, 7) is 1.77. The second-order valence-electron chi connectivity index (χ2n) is 4.65. The van der Waals surface area contributed by atoms with Crippen LogP contribution in [-0.2, 0) is 10.0 Å². The van der Waals surface area contributed by atoms with Gasteiger partial charge in [-0.25, -0.2) is 8.42 Å². The molecule has 6 nitrogen and oxygen atoms in total. The van der Waals surface area contributed by atoms with Crippen molar-refractivity contribution in [3.8, 4) is 0 Å². The molecule has 0 aliphatic heterocycles. The van der Waals surface area contributed by atoms with Gasteiger partial charge in [0.25, 0.3) is 15.7 Å². The molecule has 0 aromatic heterocycles. The highest BCUT2D eigenvalue weighted by molar-refractivity contribution is 7.92. The first-order chi connectivity index (χ1) is 10.2. The Kier molecular flexibility index (Phi) is 4.39. The average Bonchev–Trinajstić information content (AvgIpc) is 2.49. The van der Waals surface area contributed by atoms with Crippen molar-refractivity contribution >= 4 is 33.0 Å². The van der Waals surface area contributed by atoms with Gasteiger partial charge < -0.3 is 0 Å². The van der Waals surface area contributed by atoms with E-state index < -0.39 is 14.9 Å². The van der Waals surface area contributed by atoms with Gasteiger partial charge in [0.15, 0.2) is 0 Å². The minimum atomic E-state index is -3.82. The van der Waals surface area contributed by atoms with E-state index in [-0.39, 0.29) is 10.6 Å². The van der Waals surface area contributed by atoms with Gasteiger partial charge in [0, 0.05) is 24.2 Å². The van der Waals surface area contributed by atoms with E-state index in [1.54, 1.807) is 25.1 Å². The van der Waals surface area contributed by atoms with E-state index in [1.807, 2.05) is 0 Å². The van der Waals surface area contributed by atoms with Crippen molar-refractivity contribution in [3.63, 3.8) is 0 Å². The monoisotopic (exact) mass is 340 g/mol. The lowest BCUT2D eigenvalue weighted by atomic mass is 10.2. The molecule has 0 N–H and O–H groups in total. The molecule has 0 fully saturated rings. The molecule has 0 amide bonds. The summed E-state index contributed by atoms with van der Waals surface area (Å²) >= 11 is 5.92. The maximum atomic E-state index is 12.6. The van der Waals surface area contributed by atoms with Crippen molar-refractivity contribution in [2.24, 2.45) is 0 Å². The van der Waals surface area contributed by atoms with Crippen LogP contribution in [0, 0.1) is 17.0 Å². The normalized spacial score (nSPS) is 11.2. The zero-order valence-corrected chi connectivity index (χ0v) is 13.4. The number of nitrogens with zero attached hydrogens (tertiary/aromatic N) is 2. The summed E-state index contributed by atoms with van der Waals surface area (Å²) in [4.78, 5) is 10.0. The molecule has 0 atom stereocenters. The molecular formula is C14H13ClN2O4S. The molecule has 0 saturated carbocycles. The fourth-order valence-electron chi connectivity index (χ4n) is 1.95. The van der Waals surface area contributed by atoms with Crippen LogP contribution >= 0.6 is 11.6 Å². The molecule has 116 valence electrons. The second-order valence-corrected chi connectivity index (χ2v) is 7.06. The van der Waals surface area contributed by atoms with Crippen LogP contribution in [0.1, 0.15) is 5.56 Å². The molecule has 0 unspecified atom stereocenters. The fourth-order valence-corrected chi connectivity index (χ4v) is 3.37. The first-order valence-corrected chi connectivity index (χ1v) is 8.05. The maximum absolute atomic E-state index is 12.6. The zero-order chi connectivity index (χ0) is 16.5. The number of hydrogen-bond donors (Lipinski definition) is 0. The van der Waals surface area contributed by atoms with Gasteiger partial charge in [0.2, 0.25) is 0 Å². The van der Waals surface area contributed by atoms with Crippen molar-refractivity contribution in [2.45, 2.75) is 11.8 Å². The molecule has 0 aliphatic rings. The Labute approximate surface area is 133 Å². The molecule has 0 bridgehead atoms. The van der Waals surface area contributed by atoms with Gasteiger partial charge in [-0.3, -0.25) is 14.4 Å². The molecule has 0 spiro atoms. The van der Waals surface area contributed by atoms with Crippen molar-refractivity contribution in [3.05, 3.63) is 63.2 Å². The lowest BCUT2D eigenvalue weighted by Crippen LogP contribution is -2.27. The van der Waals surface area contributed by atoms with Crippen molar-refractivity contribution < 1.29 is 13.3 Å². The van der Waals surface area contributed by atoms with Crippen LogP contribution in [0.2, 0.25) is 5.02 Å². The van der Waals surface area contributed by atoms with Gasteiger partial charge >= 0.3 is 0 Å². The van der Waals surface area contributed by atoms with Crippen LogP contribution in [0.3, 0.4) is 0 Å². The van der Waals surface area contributed by atoms with Gasteiger partial charge in [0.05, 0.1) is 15.5 Å². The van der Waals surface area contributed by atoms with E-state index in [4.69, 9.17) is 11.6 Å². The minimum absolute atomic E-state index is 0.0278. The molecule has 22 heavy (non-hydrogen) atoms. The van der Waals surface area contributed by atoms with E-state index in [9.17, 15) is 18.5 Å². The van der Waals surface area contributed by atoms with Gasteiger partial charge in [0.1, 0.15) is 0 Å². The summed E-state index contributed by atoms with van der Waals surface area (Å²) in [5.74, 6) is 0. The van der Waals surface area contributed by atoms with E-state index in [0.717, 1.165) is 22.0 Å². The largest absolute Gasteiger partial charge is 0.269 e. The van der Waals surface area contributed by atoms with E-state index in [2.05, 4.69) is 0 Å². The number of non-ortho nitro benzene ring substituents is 1. The van der Waals surface area contributed by atoms with Crippen LogP contribution in [0.5, 0.6) is 0 Å². The van der Waals surface area contributed by atoms with Gasteiger partial charge in [-0.1, -0.05) is 17.7 Å². The molecule has 8 heteroatoms. The first-order valence-electron chi connectivity index (χ1n) is 6.23. The second kappa shape index (κ2) is 5.94. The molecular weight excluding hydrogens is 328 g/mol. The summed E-state index contributed by atoms with van der Waals surface area (Å²) in [5.41, 5.74) is 1.03. The average molecular weight is 341 g/mol. The van der Waals surface area contributed by atoms with Gasteiger partial charge in [-0.2, -0.15) is 0 Å². The Morgan fingerprint density at radius 1 is 1.14 bits per heavy atom. The molecule has 0 radical (unpaired) electrons. The smallest absolute Gasteiger partial charge is 0.269 e. The summed E-state index contributed by atoms with van der Waals surface area (Å²) in [6.07, 6.45) is 0. The number of nitro groups is 1. The number of nitro benzene ring substituents is 1. The Balaban J connectivity index is 2.45. The summed E-state index contributed by atoms with van der Waals surface area (Å²) in [6, 6.07) is 9.69. The van der Waals surface area contributed by atoms with Crippen LogP contribution in [-0.4, -0.2) is 20.4 Å². The van der Waals surface area contributed by atoms with Crippen LogP contribution in [0.25, 0.3) is 0 Å². The molecule has 2 rings (SSSR count). The summed E-state index contributed by atoms with van der Waals surface area (Å²) < 4.78 is 26.3. The lowest BCUT2D eigenvalue weighted by Gasteiger charge is -2.21. The first kappa shape index (κ1) is 16.3. The van der Waals surface area contributed by atoms with Crippen molar-refractivity contribution in [2.75, 3.05) is 11.4 Å². The number of halogens is 1. The number of sulfonamides is 1. The third-order valence-corrected chi connectivity index (χ3v) is 5.24. The molecule has 2 aromatic rings. The third-order valence-electron chi connectivity index (χ3n) is 3.22. The Bertz CT molecular complexity index is 819. The standard InChI is InChI=1S/C14H13ClN2O4S/c1-10-3-4-11(15)9-14(10)16(2)22(20,21)13-7-5-12(6-8-13)17(18)19/h3-9H,1-2H3. The lowest BCUT2D eigenvalue weighted by molar-refractivity contribution is -0.384. The maximum Gasteiger partial charge on any atom is 0.269 e. The number of aryl methyl sites for hydroxylation is 1. The SMILES string of the molecule is Cc1ccc(Cl)cc1N(C)S(=O)(=O)c1ccc([N+](=O)[O-])cc1.